The molecule has 0 aromatic rings. The summed E-state index contributed by atoms with van der Waals surface area (Å²) < 4.78 is 4.80. The van der Waals surface area contributed by atoms with Crippen LogP contribution in [0, 0.1) is 5.92 Å². The molecule has 3 heteroatoms. The van der Waals surface area contributed by atoms with Crippen molar-refractivity contribution in [3.05, 3.63) is 11.6 Å². The van der Waals surface area contributed by atoms with Crippen LogP contribution in [-0.4, -0.2) is 16.9 Å². The van der Waals surface area contributed by atoms with Gasteiger partial charge >= 0.3 is 5.97 Å². The summed E-state index contributed by atoms with van der Waals surface area (Å²) in [5.74, 6) is -1.47. The van der Waals surface area contributed by atoms with Gasteiger partial charge in [-0.3, -0.25) is 0 Å². The minimum Gasteiger partial charge on any atom is -0.426 e. The van der Waals surface area contributed by atoms with E-state index in [1.165, 1.54) is 6.08 Å². The van der Waals surface area contributed by atoms with Crippen LogP contribution < -0.4 is 0 Å². The number of hydrogen-bond acceptors (Lipinski definition) is 3. The van der Waals surface area contributed by atoms with Gasteiger partial charge in [-0.25, -0.2) is 4.79 Å². The van der Waals surface area contributed by atoms with Gasteiger partial charge in [-0.05, 0) is 18.9 Å². The largest absolute Gasteiger partial charge is 0.426 e. The zero-order chi connectivity index (χ0) is 9.35. The third-order valence-corrected chi connectivity index (χ3v) is 1.73. The zero-order valence-corrected chi connectivity index (χ0v) is 7.63. The summed E-state index contributed by atoms with van der Waals surface area (Å²) in [6.07, 6.45) is 1.94. The van der Waals surface area contributed by atoms with Crippen LogP contribution in [-0.2, 0) is 9.53 Å². The highest BCUT2D eigenvalue weighted by atomic mass is 16.7. The van der Waals surface area contributed by atoms with Crippen molar-refractivity contribution in [2.24, 2.45) is 5.92 Å². The lowest BCUT2D eigenvalue weighted by Gasteiger charge is -2.21. The predicted octanol–water partition coefficient (Wildman–Crippen LogP) is 1.22. The molecule has 68 valence electrons. The van der Waals surface area contributed by atoms with Gasteiger partial charge in [-0.1, -0.05) is 13.8 Å². The van der Waals surface area contributed by atoms with Crippen molar-refractivity contribution in [3.8, 4) is 0 Å². The second-order valence-corrected chi connectivity index (χ2v) is 3.66. The first kappa shape index (κ1) is 9.26. The summed E-state index contributed by atoms with van der Waals surface area (Å²) in [6, 6.07) is 0. The average Bonchev–Trinajstić information content (AvgIpc) is 2.04. The Morgan fingerprint density at radius 1 is 1.67 bits per heavy atom. The molecular formula is C9H14O3. The molecule has 1 rings (SSSR count). The number of ether oxygens (including phenoxy) is 1. The summed E-state index contributed by atoms with van der Waals surface area (Å²) in [6.45, 7) is 5.57. The first-order valence-electron chi connectivity index (χ1n) is 4.08. The summed E-state index contributed by atoms with van der Waals surface area (Å²) >= 11 is 0. The molecule has 0 amide bonds. The maximum absolute atomic E-state index is 10.9. The van der Waals surface area contributed by atoms with Crippen molar-refractivity contribution in [1.29, 1.82) is 0 Å². The van der Waals surface area contributed by atoms with Gasteiger partial charge in [0.05, 0.1) is 0 Å². The fourth-order valence-corrected chi connectivity index (χ4v) is 1.35. The van der Waals surface area contributed by atoms with Gasteiger partial charge in [0, 0.05) is 12.0 Å². The normalized spacial score (nSPS) is 29.1. The maximum Gasteiger partial charge on any atom is 0.336 e. The molecule has 0 aromatic carbocycles. The van der Waals surface area contributed by atoms with Crippen LogP contribution in [0.3, 0.4) is 0 Å². The molecule has 1 N–H and O–H groups in total. The number of hydrogen-bond donors (Lipinski definition) is 1. The number of aliphatic hydroxyl groups is 1. The Kier molecular flexibility index (Phi) is 2.24. The van der Waals surface area contributed by atoms with Gasteiger partial charge in [0.1, 0.15) is 0 Å². The van der Waals surface area contributed by atoms with Crippen LogP contribution in [0.15, 0.2) is 11.6 Å². The number of esters is 1. The molecule has 0 saturated carbocycles. The molecule has 1 aliphatic heterocycles. The van der Waals surface area contributed by atoms with Gasteiger partial charge in [0.15, 0.2) is 0 Å². The van der Waals surface area contributed by atoms with E-state index in [4.69, 9.17) is 4.74 Å². The molecule has 0 saturated heterocycles. The highest BCUT2D eigenvalue weighted by molar-refractivity contribution is 5.90. The quantitative estimate of drug-likeness (QED) is 0.634. The Labute approximate surface area is 72.0 Å². The molecule has 1 atom stereocenters. The minimum absolute atomic E-state index is 0.296. The molecule has 0 bridgehead atoms. The second kappa shape index (κ2) is 2.90. The fourth-order valence-electron chi connectivity index (χ4n) is 1.35. The first-order chi connectivity index (χ1) is 5.43. The van der Waals surface area contributed by atoms with Crippen LogP contribution in [0.5, 0.6) is 0 Å². The van der Waals surface area contributed by atoms with Crippen LogP contribution in [0.2, 0.25) is 0 Å². The van der Waals surface area contributed by atoms with Crippen molar-refractivity contribution in [2.75, 3.05) is 0 Å². The van der Waals surface area contributed by atoms with Crippen LogP contribution in [0.4, 0.5) is 0 Å². The Morgan fingerprint density at radius 2 is 2.25 bits per heavy atom. The summed E-state index contributed by atoms with van der Waals surface area (Å²) in [7, 11) is 0. The van der Waals surface area contributed by atoms with Crippen molar-refractivity contribution >= 4 is 5.97 Å². The van der Waals surface area contributed by atoms with Gasteiger partial charge in [0.25, 0.3) is 0 Å². The van der Waals surface area contributed by atoms with E-state index in [2.05, 4.69) is 0 Å². The first-order valence-corrected chi connectivity index (χ1v) is 4.08. The van der Waals surface area contributed by atoms with E-state index < -0.39 is 11.8 Å². The molecule has 1 aliphatic rings. The van der Waals surface area contributed by atoms with Crippen LogP contribution in [0.1, 0.15) is 27.2 Å². The molecule has 0 fully saturated rings. The third-order valence-electron chi connectivity index (χ3n) is 1.73. The predicted molar refractivity (Wildman–Crippen MR) is 44.3 cm³/mol. The van der Waals surface area contributed by atoms with Crippen LogP contribution >= 0.6 is 0 Å². The Hall–Kier alpha value is -0.830. The molecule has 12 heavy (non-hydrogen) atoms. The molecule has 0 spiro atoms. The number of carbonyl (C=O) groups excluding carboxylic acids is 1. The molecule has 0 radical (unpaired) electrons. The average molecular weight is 170 g/mol. The number of carbonyl (C=O) groups is 1. The Bertz CT molecular complexity index is 230. The lowest BCUT2D eigenvalue weighted by atomic mass is 10.0. The van der Waals surface area contributed by atoms with Crippen molar-refractivity contribution in [1.82, 2.24) is 0 Å². The van der Waals surface area contributed by atoms with E-state index in [9.17, 15) is 9.90 Å². The Morgan fingerprint density at radius 3 is 2.58 bits per heavy atom. The highest BCUT2D eigenvalue weighted by Crippen LogP contribution is 2.27. The Balaban J connectivity index is 2.70. The second-order valence-electron chi connectivity index (χ2n) is 3.66. The van der Waals surface area contributed by atoms with E-state index in [0.717, 1.165) is 0 Å². The summed E-state index contributed by atoms with van der Waals surface area (Å²) in [5, 5.41) is 9.68. The smallest absolute Gasteiger partial charge is 0.336 e. The summed E-state index contributed by atoms with van der Waals surface area (Å²) in [4.78, 5) is 10.9. The molecule has 3 nitrogen and oxygen atoms in total. The monoisotopic (exact) mass is 170 g/mol. The van der Waals surface area contributed by atoms with Gasteiger partial charge in [-0.15, -0.1) is 0 Å². The van der Waals surface area contributed by atoms with E-state index in [1.54, 1.807) is 6.92 Å². The van der Waals surface area contributed by atoms with E-state index >= 15 is 0 Å². The minimum atomic E-state index is -1.35. The van der Waals surface area contributed by atoms with Crippen LogP contribution in [0.25, 0.3) is 0 Å². The maximum atomic E-state index is 10.9. The van der Waals surface area contributed by atoms with E-state index in [0.29, 0.717) is 17.9 Å². The van der Waals surface area contributed by atoms with Gasteiger partial charge in [-0.2, -0.15) is 0 Å². The summed E-state index contributed by atoms with van der Waals surface area (Å²) in [5.41, 5.74) is 0.484. The molecule has 1 heterocycles. The van der Waals surface area contributed by atoms with Crippen molar-refractivity contribution in [3.63, 3.8) is 0 Å². The SMILES string of the molecule is CC1=CC(O)(CC(C)C)OC1=O. The molecular weight excluding hydrogens is 156 g/mol. The van der Waals surface area contributed by atoms with E-state index in [1.807, 2.05) is 13.8 Å². The van der Waals surface area contributed by atoms with Crippen molar-refractivity contribution in [2.45, 2.75) is 33.0 Å². The van der Waals surface area contributed by atoms with E-state index in [-0.39, 0.29) is 0 Å². The van der Waals surface area contributed by atoms with Gasteiger partial charge in [0.2, 0.25) is 5.79 Å². The third kappa shape index (κ3) is 1.85. The number of rotatable bonds is 2. The zero-order valence-electron chi connectivity index (χ0n) is 7.63. The standard InChI is InChI=1S/C9H14O3/c1-6(2)4-9(11)5-7(3)8(10)12-9/h5-6,11H,4H2,1-3H3. The molecule has 0 aliphatic carbocycles. The lowest BCUT2D eigenvalue weighted by Crippen LogP contribution is -2.29. The topological polar surface area (TPSA) is 46.5 Å². The van der Waals surface area contributed by atoms with Gasteiger partial charge < -0.3 is 9.84 Å². The molecule has 1 unspecified atom stereocenters. The lowest BCUT2D eigenvalue weighted by molar-refractivity contribution is -0.182. The molecule has 0 aromatic heterocycles. The highest BCUT2D eigenvalue weighted by Gasteiger charge is 2.36. The number of cyclic esters (lactones) is 1. The van der Waals surface area contributed by atoms with Crippen molar-refractivity contribution < 1.29 is 14.6 Å². The fraction of sp³-hybridized carbons (Fsp3) is 0.667.